The third-order valence-electron chi connectivity index (χ3n) is 1.51. The number of aliphatic carboxylic acids is 2. The van der Waals surface area contributed by atoms with Gasteiger partial charge in [-0.1, -0.05) is 12.1 Å². The van der Waals surface area contributed by atoms with E-state index in [4.69, 9.17) is 15.9 Å². The van der Waals surface area contributed by atoms with E-state index in [-0.39, 0.29) is 0 Å². The third kappa shape index (κ3) is 7.92. The first-order valence-electron chi connectivity index (χ1n) is 4.49. The molecular formula is C11H13NO4S. The smallest absolute Gasteiger partial charge is 0.328 e. The zero-order valence-corrected chi connectivity index (χ0v) is 9.98. The molecule has 0 heterocycles. The van der Waals surface area contributed by atoms with Crippen LogP contribution in [-0.4, -0.2) is 28.4 Å². The molecule has 1 aromatic rings. The summed E-state index contributed by atoms with van der Waals surface area (Å²) < 4.78 is 0. The van der Waals surface area contributed by atoms with Crippen LogP contribution in [0.5, 0.6) is 0 Å². The minimum atomic E-state index is -1.26. The van der Waals surface area contributed by atoms with Gasteiger partial charge in [-0.05, 0) is 18.4 Å². The Morgan fingerprint density at radius 3 is 1.94 bits per heavy atom. The number of hydrogen-bond donors (Lipinski definition) is 3. The molecule has 0 fully saturated rings. The van der Waals surface area contributed by atoms with Crippen LogP contribution in [0.3, 0.4) is 0 Å². The summed E-state index contributed by atoms with van der Waals surface area (Å²) in [6.07, 6.45) is 3.14. The van der Waals surface area contributed by atoms with Crippen molar-refractivity contribution in [2.75, 3.05) is 12.0 Å². The van der Waals surface area contributed by atoms with Crippen molar-refractivity contribution in [3.63, 3.8) is 0 Å². The van der Waals surface area contributed by atoms with Crippen molar-refractivity contribution >= 4 is 29.4 Å². The van der Waals surface area contributed by atoms with Crippen LogP contribution in [0.4, 0.5) is 5.69 Å². The maximum absolute atomic E-state index is 9.55. The monoisotopic (exact) mass is 255 g/mol. The van der Waals surface area contributed by atoms with Gasteiger partial charge < -0.3 is 15.9 Å². The van der Waals surface area contributed by atoms with Crippen molar-refractivity contribution in [3.8, 4) is 0 Å². The molecule has 0 bridgehead atoms. The molecule has 1 aromatic carbocycles. The molecule has 0 aliphatic rings. The molecule has 5 nitrogen and oxygen atoms in total. The van der Waals surface area contributed by atoms with Gasteiger partial charge >= 0.3 is 11.9 Å². The molecule has 0 aromatic heterocycles. The average Bonchev–Trinajstić information content (AvgIpc) is 2.28. The van der Waals surface area contributed by atoms with Gasteiger partial charge in [-0.2, -0.15) is 0 Å². The van der Waals surface area contributed by atoms with Crippen molar-refractivity contribution in [2.24, 2.45) is 0 Å². The van der Waals surface area contributed by atoms with E-state index in [1.165, 1.54) is 0 Å². The highest BCUT2D eigenvalue weighted by molar-refractivity contribution is 7.98. The molecule has 92 valence electrons. The Morgan fingerprint density at radius 1 is 1.18 bits per heavy atom. The topological polar surface area (TPSA) is 101 Å². The van der Waals surface area contributed by atoms with Crippen LogP contribution >= 0.6 is 11.8 Å². The minimum absolute atomic E-state index is 0.558. The highest BCUT2D eigenvalue weighted by atomic mass is 32.2. The number of nitrogen functional groups attached to an aromatic ring is 1. The summed E-state index contributed by atoms with van der Waals surface area (Å²) in [5.41, 5.74) is 6.48. The number of benzene rings is 1. The summed E-state index contributed by atoms with van der Waals surface area (Å²) >= 11 is 1.67. The normalized spacial score (nSPS) is 9.47. The fourth-order valence-corrected chi connectivity index (χ4v) is 1.33. The molecule has 0 atom stereocenters. The zero-order chi connectivity index (χ0) is 13.3. The van der Waals surface area contributed by atoms with Crippen molar-refractivity contribution in [1.29, 1.82) is 0 Å². The molecule has 6 heteroatoms. The highest BCUT2D eigenvalue weighted by Crippen LogP contribution is 2.20. The number of para-hydroxylation sites is 1. The summed E-state index contributed by atoms with van der Waals surface area (Å²) in [6, 6.07) is 7.85. The van der Waals surface area contributed by atoms with Crippen molar-refractivity contribution in [1.82, 2.24) is 0 Å². The Kier molecular flexibility index (Phi) is 7.29. The van der Waals surface area contributed by atoms with E-state index in [0.29, 0.717) is 12.2 Å². The third-order valence-corrected chi connectivity index (χ3v) is 2.32. The molecule has 0 unspecified atom stereocenters. The quantitative estimate of drug-likeness (QED) is 0.432. The molecule has 0 spiro atoms. The van der Waals surface area contributed by atoms with E-state index in [0.717, 1.165) is 10.6 Å². The van der Waals surface area contributed by atoms with Crippen LogP contribution in [0, 0.1) is 0 Å². The maximum Gasteiger partial charge on any atom is 0.328 e. The summed E-state index contributed by atoms with van der Waals surface area (Å²) in [5.74, 6) is -2.51. The lowest BCUT2D eigenvalue weighted by Gasteiger charge is -1.97. The number of carbonyl (C=O) groups is 2. The maximum atomic E-state index is 9.55. The van der Waals surface area contributed by atoms with Gasteiger partial charge in [-0.15, -0.1) is 11.8 Å². The summed E-state index contributed by atoms with van der Waals surface area (Å²) in [4.78, 5) is 20.3. The van der Waals surface area contributed by atoms with E-state index in [1.807, 2.05) is 30.5 Å². The standard InChI is InChI=1S/C7H9NS.C4H4O4/c1-9-7-5-3-2-4-6(7)8;5-3(6)1-2-4(7)8/h2-5H,8H2,1H3;1-2H,(H,5,6)(H,7,8)/b;2-1+. The molecular weight excluding hydrogens is 242 g/mol. The van der Waals surface area contributed by atoms with Gasteiger partial charge in [-0.3, -0.25) is 0 Å². The van der Waals surface area contributed by atoms with Gasteiger partial charge in [0, 0.05) is 22.7 Å². The van der Waals surface area contributed by atoms with Crippen LogP contribution in [0.15, 0.2) is 41.3 Å². The van der Waals surface area contributed by atoms with Crippen LogP contribution in [0.1, 0.15) is 0 Å². The average molecular weight is 255 g/mol. The SMILES string of the molecule is CSc1ccccc1N.O=C(O)/C=C/C(=O)O. The lowest BCUT2D eigenvalue weighted by atomic mass is 10.3. The lowest BCUT2D eigenvalue weighted by molar-refractivity contribution is -0.134. The van der Waals surface area contributed by atoms with Crippen molar-refractivity contribution in [3.05, 3.63) is 36.4 Å². The van der Waals surface area contributed by atoms with Gasteiger partial charge in [0.25, 0.3) is 0 Å². The van der Waals surface area contributed by atoms with E-state index >= 15 is 0 Å². The van der Waals surface area contributed by atoms with Crippen molar-refractivity contribution < 1.29 is 19.8 Å². The Hall–Kier alpha value is -1.95. The van der Waals surface area contributed by atoms with E-state index in [2.05, 4.69) is 0 Å². The number of hydrogen-bond acceptors (Lipinski definition) is 4. The van der Waals surface area contributed by atoms with Gasteiger partial charge in [0.05, 0.1) is 0 Å². The first-order chi connectivity index (χ1) is 7.97. The Bertz CT molecular complexity index is 402. The summed E-state index contributed by atoms with van der Waals surface area (Å²) in [5, 5.41) is 15.6. The fourth-order valence-electron chi connectivity index (χ4n) is 0.809. The Balaban J connectivity index is 0.000000304. The molecule has 0 radical (unpaired) electrons. The molecule has 1 rings (SSSR count). The molecule has 0 amide bonds. The first-order valence-corrected chi connectivity index (χ1v) is 5.72. The van der Waals surface area contributed by atoms with Gasteiger partial charge in [0.2, 0.25) is 0 Å². The van der Waals surface area contributed by atoms with Crippen molar-refractivity contribution in [2.45, 2.75) is 4.90 Å². The molecule has 4 N–H and O–H groups in total. The minimum Gasteiger partial charge on any atom is -0.478 e. The Morgan fingerprint density at radius 2 is 1.65 bits per heavy atom. The van der Waals surface area contributed by atoms with Gasteiger partial charge in [0.1, 0.15) is 0 Å². The van der Waals surface area contributed by atoms with Crippen LogP contribution in [0.2, 0.25) is 0 Å². The van der Waals surface area contributed by atoms with E-state index in [9.17, 15) is 9.59 Å². The summed E-state index contributed by atoms with van der Waals surface area (Å²) in [7, 11) is 0. The highest BCUT2D eigenvalue weighted by Gasteiger charge is 1.91. The van der Waals surface area contributed by atoms with E-state index < -0.39 is 11.9 Å². The lowest BCUT2D eigenvalue weighted by Crippen LogP contribution is -1.91. The number of carboxylic acid groups (broad SMARTS) is 2. The summed E-state index contributed by atoms with van der Waals surface area (Å²) in [6.45, 7) is 0. The largest absolute Gasteiger partial charge is 0.478 e. The first kappa shape index (κ1) is 15.0. The van der Waals surface area contributed by atoms with E-state index in [1.54, 1.807) is 11.8 Å². The zero-order valence-electron chi connectivity index (χ0n) is 9.16. The Labute approximate surface area is 103 Å². The number of thioether (sulfide) groups is 1. The van der Waals surface area contributed by atoms with Crippen LogP contribution in [0.25, 0.3) is 0 Å². The second-order valence-electron chi connectivity index (χ2n) is 2.75. The van der Waals surface area contributed by atoms with Gasteiger partial charge in [0.15, 0.2) is 0 Å². The molecule has 0 saturated carbocycles. The second kappa shape index (κ2) is 8.23. The van der Waals surface area contributed by atoms with Crippen LogP contribution in [-0.2, 0) is 9.59 Å². The van der Waals surface area contributed by atoms with Gasteiger partial charge in [-0.25, -0.2) is 9.59 Å². The predicted octanol–water partition coefficient (Wildman–Crippen LogP) is 1.70. The number of rotatable bonds is 3. The number of carboxylic acids is 2. The molecule has 0 aliphatic heterocycles. The second-order valence-corrected chi connectivity index (χ2v) is 3.60. The molecule has 0 saturated heterocycles. The predicted molar refractivity (Wildman–Crippen MR) is 67.0 cm³/mol. The van der Waals surface area contributed by atoms with Crippen LogP contribution < -0.4 is 5.73 Å². The molecule has 0 aliphatic carbocycles. The fraction of sp³-hybridized carbons (Fsp3) is 0.0909. The molecule has 17 heavy (non-hydrogen) atoms. The number of anilines is 1. The number of nitrogens with two attached hydrogens (primary N) is 1.